The highest BCUT2D eigenvalue weighted by Crippen LogP contribution is 2.25. The molecule has 96 valence electrons. The van der Waals surface area contributed by atoms with Crippen molar-refractivity contribution in [2.75, 3.05) is 13.7 Å². The van der Waals surface area contributed by atoms with Gasteiger partial charge in [0.05, 0.1) is 13.7 Å². The van der Waals surface area contributed by atoms with Crippen molar-refractivity contribution < 1.29 is 9.53 Å². The SMILES string of the molecule is C#CCNC(=O)c1csc(-c2ccc(OC)cc2)n1. The highest BCUT2D eigenvalue weighted by atomic mass is 32.1. The van der Waals surface area contributed by atoms with Gasteiger partial charge in [-0.05, 0) is 24.3 Å². The van der Waals surface area contributed by atoms with Crippen LogP contribution in [-0.2, 0) is 0 Å². The third-order valence-corrected chi connectivity index (χ3v) is 3.32. The lowest BCUT2D eigenvalue weighted by atomic mass is 10.2. The number of carbonyl (C=O) groups is 1. The van der Waals surface area contributed by atoms with Gasteiger partial charge in [-0.15, -0.1) is 17.8 Å². The van der Waals surface area contributed by atoms with E-state index in [1.54, 1.807) is 12.5 Å². The summed E-state index contributed by atoms with van der Waals surface area (Å²) in [6, 6.07) is 7.52. The Morgan fingerprint density at radius 3 is 2.84 bits per heavy atom. The Morgan fingerprint density at radius 2 is 2.21 bits per heavy atom. The van der Waals surface area contributed by atoms with Crippen LogP contribution >= 0.6 is 11.3 Å². The fourth-order valence-electron chi connectivity index (χ4n) is 1.47. The third-order valence-electron chi connectivity index (χ3n) is 2.42. The van der Waals surface area contributed by atoms with Crippen LogP contribution in [0.5, 0.6) is 5.75 Å². The molecule has 5 heteroatoms. The normalized spacial score (nSPS) is 9.68. The number of benzene rings is 1. The Labute approximate surface area is 115 Å². The van der Waals surface area contributed by atoms with Crippen LogP contribution in [0.15, 0.2) is 29.6 Å². The minimum atomic E-state index is -0.256. The number of methoxy groups -OCH3 is 1. The molecule has 19 heavy (non-hydrogen) atoms. The maximum absolute atomic E-state index is 11.7. The zero-order valence-corrected chi connectivity index (χ0v) is 11.2. The second kappa shape index (κ2) is 6.03. The van der Waals surface area contributed by atoms with E-state index < -0.39 is 0 Å². The minimum absolute atomic E-state index is 0.203. The van der Waals surface area contributed by atoms with E-state index in [1.165, 1.54) is 11.3 Å². The van der Waals surface area contributed by atoms with E-state index in [9.17, 15) is 4.79 Å². The molecule has 4 nitrogen and oxygen atoms in total. The number of amides is 1. The number of aromatic nitrogens is 1. The van der Waals surface area contributed by atoms with E-state index in [-0.39, 0.29) is 12.5 Å². The molecule has 0 saturated carbocycles. The average molecular weight is 272 g/mol. The number of thiazole rings is 1. The number of nitrogens with zero attached hydrogens (tertiary/aromatic N) is 1. The number of hydrogen-bond donors (Lipinski definition) is 1. The third kappa shape index (κ3) is 3.12. The summed E-state index contributed by atoms with van der Waals surface area (Å²) in [6.07, 6.45) is 5.08. The molecule has 1 N–H and O–H groups in total. The fraction of sp³-hybridized carbons (Fsp3) is 0.143. The van der Waals surface area contributed by atoms with Crippen LogP contribution in [0, 0.1) is 12.3 Å². The number of terminal acetylenes is 1. The van der Waals surface area contributed by atoms with Crippen LogP contribution in [0.4, 0.5) is 0 Å². The number of hydrogen-bond acceptors (Lipinski definition) is 4. The van der Waals surface area contributed by atoms with Crippen LogP contribution in [0.3, 0.4) is 0 Å². The molecule has 1 aromatic heterocycles. The van der Waals surface area contributed by atoms with E-state index in [2.05, 4.69) is 16.2 Å². The van der Waals surface area contributed by atoms with E-state index in [1.807, 2.05) is 24.3 Å². The maximum atomic E-state index is 11.7. The van der Waals surface area contributed by atoms with Gasteiger partial charge in [0, 0.05) is 10.9 Å². The standard InChI is InChI=1S/C14H12N2O2S/c1-3-8-15-13(17)12-9-19-14(16-12)10-4-6-11(18-2)7-5-10/h1,4-7,9H,8H2,2H3,(H,15,17). The molecule has 0 spiro atoms. The predicted molar refractivity (Wildman–Crippen MR) is 75.3 cm³/mol. The van der Waals surface area contributed by atoms with Crippen LogP contribution in [0.2, 0.25) is 0 Å². The maximum Gasteiger partial charge on any atom is 0.271 e. The van der Waals surface area contributed by atoms with Crippen molar-refractivity contribution in [2.24, 2.45) is 0 Å². The molecular weight excluding hydrogens is 260 g/mol. The molecule has 0 fully saturated rings. The number of ether oxygens (including phenoxy) is 1. The van der Waals surface area contributed by atoms with Gasteiger partial charge >= 0.3 is 0 Å². The molecular formula is C14H12N2O2S. The van der Waals surface area contributed by atoms with Crippen LogP contribution in [0.25, 0.3) is 10.6 Å². The molecule has 0 saturated heterocycles. The van der Waals surface area contributed by atoms with Crippen LogP contribution in [-0.4, -0.2) is 24.5 Å². The number of rotatable bonds is 4. The van der Waals surface area contributed by atoms with Crippen molar-refractivity contribution in [3.63, 3.8) is 0 Å². The molecule has 1 heterocycles. The van der Waals surface area contributed by atoms with Crippen molar-refractivity contribution >= 4 is 17.2 Å². The Kier molecular flexibility index (Phi) is 4.16. The monoisotopic (exact) mass is 272 g/mol. The molecule has 0 bridgehead atoms. The first kappa shape index (κ1) is 13.1. The van der Waals surface area contributed by atoms with Gasteiger partial charge in [-0.2, -0.15) is 0 Å². The molecule has 0 aliphatic carbocycles. The number of carbonyl (C=O) groups excluding carboxylic acids is 1. The largest absolute Gasteiger partial charge is 0.497 e. The summed E-state index contributed by atoms with van der Waals surface area (Å²) in [5, 5.41) is 5.08. The van der Waals surface area contributed by atoms with Crippen LogP contribution < -0.4 is 10.1 Å². The van der Waals surface area contributed by atoms with Crippen molar-refractivity contribution in [1.82, 2.24) is 10.3 Å². The molecule has 2 rings (SSSR count). The highest BCUT2D eigenvalue weighted by Gasteiger charge is 2.10. The lowest BCUT2D eigenvalue weighted by Gasteiger charge is -2.00. The van der Waals surface area contributed by atoms with Gasteiger partial charge in [0.15, 0.2) is 0 Å². The lowest BCUT2D eigenvalue weighted by Crippen LogP contribution is -2.23. The second-order valence-corrected chi connectivity index (χ2v) is 4.51. The van der Waals surface area contributed by atoms with Gasteiger partial charge in [-0.3, -0.25) is 4.79 Å². The number of nitrogens with one attached hydrogen (secondary N) is 1. The van der Waals surface area contributed by atoms with Gasteiger partial charge < -0.3 is 10.1 Å². The molecule has 1 aromatic carbocycles. The summed E-state index contributed by atoms with van der Waals surface area (Å²) in [4.78, 5) is 16.0. The Morgan fingerprint density at radius 1 is 1.47 bits per heavy atom. The summed E-state index contributed by atoms with van der Waals surface area (Å²) in [5.74, 6) is 2.88. The Balaban J connectivity index is 2.16. The molecule has 1 amide bonds. The Hall–Kier alpha value is -2.32. The molecule has 0 aliphatic rings. The highest BCUT2D eigenvalue weighted by molar-refractivity contribution is 7.13. The minimum Gasteiger partial charge on any atom is -0.497 e. The molecule has 0 aliphatic heterocycles. The molecule has 0 atom stereocenters. The van der Waals surface area contributed by atoms with Crippen molar-refractivity contribution in [3.05, 3.63) is 35.3 Å². The zero-order valence-electron chi connectivity index (χ0n) is 10.3. The van der Waals surface area contributed by atoms with Crippen LogP contribution in [0.1, 0.15) is 10.5 Å². The molecule has 2 aromatic rings. The van der Waals surface area contributed by atoms with E-state index >= 15 is 0 Å². The Bertz CT molecular complexity index is 611. The predicted octanol–water partition coefficient (Wildman–Crippen LogP) is 2.18. The summed E-state index contributed by atoms with van der Waals surface area (Å²) >= 11 is 1.41. The zero-order chi connectivity index (χ0) is 13.7. The van der Waals surface area contributed by atoms with E-state index in [0.29, 0.717) is 5.69 Å². The van der Waals surface area contributed by atoms with Crippen molar-refractivity contribution in [2.45, 2.75) is 0 Å². The van der Waals surface area contributed by atoms with E-state index in [4.69, 9.17) is 11.2 Å². The summed E-state index contributed by atoms with van der Waals surface area (Å²) in [6.45, 7) is 0.203. The lowest BCUT2D eigenvalue weighted by molar-refractivity contribution is 0.0954. The van der Waals surface area contributed by atoms with Crippen molar-refractivity contribution in [1.29, 1.82) is 0 Å². The second-order valence-electron chi connectivity index (χ2n) is 3.65. The summed E-state index contributed by atoms with van der Waals surface area (Å²) in [5.41, 5.74) is 1.33. The topological polar surface area (TPSA) is 51.2 Å². The first-order chi connectivity index (χ1) is 9.24. The molecule has 0 unspecified atom stereocenters. The van der Waals surface area contributed by atoms with E-state index in [0.717, 1.165) is 16.3 Å². The van der Waals surface area contributed by atoms with Gasteiger partial charge in [-0.1, -0.05) is 5.92 Å². The average Bonchev–Trinajstić information content (AvgIpc) is 2.94. The fourth-order valence-corrected chi connectivity index (χ4v) is 2.27. The van der Waals surface area contributed by atoms with Crippen molar-refractivity contribution in [3.8, 4) is 28.7 Å². The van der Waals surface area contributed by atoms with Gasteiger partial charge in [-0.25, -0.2) is 4.98 Å². The quantitative estimate of drug-likeness (QED) is 0.868. The van der Waals surface area contributed by atoms with Gasteiger partial charge in [0.25, 0.3) is 5.91 Å². The summed E-state index contributed by atoms with van der Waals surface area (Å²) in [7, 11) is 1.62. The van der Waals surface area contributed by atoms with Gasteiger partial charge in [0.2, 0.25) is 0 Å². The first-order valence-electron chi connectivity index (χ1n) is 5.56. The smallest absolute Gasteiger partial charge is 0.271 e. The molecule has 0 radical (unpaired) electrons. The van der Waals surface area contributed by atoms with Gasteiger partial charge in [0.1, 0.15) is 16.5 Å². The first-order valence-corrected chi connectivity index (χ1v) is 6.44. The summed E-state index contributed by atoms with van der Waals surface area (Å²) < 4.78 is 5.09.